The van der Waals surface area contributed by atoms with Crippen LogP contribution in [-0.4, -0.2) is 42.5 Å². The summed E-state index contributed by atoms with van der Waals surface area (Å²) in [4.78, 5) is 25.7. The molecule has 2 aliphatic rings. The Bertz CT molecular complexity index is 1340. The first kappa shape index (κ1) is 23.0. The highest BCUT2D eigenvalue weighted by molar-refractivity contribution is 6.22. The second-order valence-corrected chi connectivity index (χ2v) is 9.42. The number of carbonyl (C=O) groups is 1. The summed E-state index contributed by atoms with van der Waals surface area (Å²) < 4.78 is 23.7. The number of tetrazole rings is 1. The number of rotatable bonds is 9. The first-order valence-corrected chi connectivity index (χ1v) is 11.9. The molecule has 11 heteroatoms. The number of ether oxygens (including phenoxy) is 1. The highest BCUT2D eigenvalue weighted by atomic mass is 19.1. The molecule has 184 valence electrons. The van der Waals surface area contributed by atoms with Gasteiger partial charge in [0.2, 0.25) is 0 Å². The Kier molecular flexibility index (Phi) is 6.00. The number of carbonyl (C=O) groups excluding carboxylic acids is 1. The Hall–Kier alpha value is -3.76. The Morgan fingerprint density at radius 1 is 1.26 bits per heavy atom. The van der Waals surface area contributed by atoms with E-state index in [-0.39, 0.29) is 12.1 Å². The van der Waals surface area contributed by atoms with Crippen molar-refractivity contribution in [1.29, 1.82) is 0 Å². The highest BCUT2D eigenvalue weighted by Crippen LogP contribution is 2.40. The molecule has 0 spiro atoms. The normalized spacial score (nSPS) is 20.3. The van der Waals surface area contributed by atoms with E-state index in [1.54, 1.807) is 19.1 Å². The molecule has 1 aromatic carbocycles. The fraction of sp³-hybridized carbons (Fsp3) is 0.458. The lowest BCUT2D eigenvalue weighted by Crippen LogP contribution is -2.49. The molecule has 2 aromatic heterocycles. The summed E-state index contributed by atoms with van der Waals surface area (Å²) in [6.45, 7) is 5.12. The van der Waals surface area contributed by atoms with Crippen molar-refractivity contribution in [1.82, 2.24) is 35.3 Å². The minimum Gasteiger partial charge on any atom is -0.493 e. The summed E-state index contributed by atoms with van der Waals surface area (Å²) in [6.07, 6.45) is 6.26. The quantitative estimate of drug-likeness (QED) is 0.454. The van der Waals surface area contributed by atoms with E-state index in [2.05, 4.69) is 32.9 Å². The summed E-state index contributed by atoms with van der Waals surface area (Å²) >= 11 is 0. The first-order chi connectivity index (χ1) is 16.9. The maximum atomic E-state index is 15.3. The van der Waals surface area contributed by atoms with Crippen molar-refractivity contribution in [2.24, 2.45) is 5.92 Å². The molecular formula is C24H28FN7O3. The summed E-state index contributed by atoms with van der Waals surface area (Å²) in [6, 6.07) is 6.49. The van der Waals surface area contributed by atoms with Gasteiger partial charge in [-0.05, 0) is 54.7 Å². The molecule has 1 saturated carbocycles. The maximum Gasteiger partial charge on any atom is 0.366 e. The van der Waals surface area contributed by atoms with Crippen LogP contribution < -0.4 is 15.7 Å². The number of halogens is 1. The van der Waals surface area contributed by atoms with E-state index in [1.165, 1.54) is 18.9 Å². The van der Waals surface area contributed by atoms with Crippen LogP contribution in [0.25, 0.3) is 11.3 Å². The van der Waals surface area contributed by atoms with Gasteiger partial charge in [-0.15, -0.1) is 0 Å². The van der Waals surface area contributed by atoms with Crippen LogP contribution in [0.4, 0.5) is 4.39 Å². The predicted molar refractivity (Wildman–Crippen MR) is 126 cm³/mol. The second-order valence-electron chi connectivity index (χ2n) is 9.42. The SMILES string of the molecule is CCCCOc1ccc([C@]2(C)CC(c3ccn(CC4CC4)n3)=C(n3nn[nH]c3=O)C(=O)N2)c(F)c1. The number of H-pyrrole nitrogens is 1. The van der Waals surface area contributed by atoms with Crippen molar-refractivity contribution in [2.75, 3.05) is 6.61 Å². The third-order valence-corrected chi connectivity index (χ3v) is 6.50. The van der Waals surface area contributed by atoms with Crippen LogP contribution in [0.5, 0.6) is 5.75 Å². The van der Waals surface area contributed by atoms with Gasteiger partial charge >= 0.3 is 5.69 Å². The molecule has 0 unspecified atom stereocenters. The standard InChI is InChI=1S/C24H28FN7O3/c1-3-4-11-35-16-7-8-18(19(25)12-16)24(2)13-17(20-9-10-31(28-20)14-15-5-6-15)21(22(33)26-24)32-23(34)27-29-30-32/h7-10,12,15H,3-6,11,13-14H2,1-2H3,(H,26,33)(H,27,30,34)/t24-/m0/s1. The molecule has 0 bridgehead atoms. The lowest BCUT2D eigenvalue weighted by Gasteiger charge is -2.37. The molecular weight excluding hydrogens is 453 g/mol. The zero-order valence-corrected chi connectivity index (χ0v) is 19.8. The minimum atomic E-state index is -1.09. The number of aromatic nitrogens is 6. The van der Waals surface area contributed by atoms with Crippen LogP contribution in [0, 0.1) is 11.7 Å². The number of amides is 1. The van der Waals surface area contributed by atoms with E-state index in [4.69, 9.17) is 4.74 Å². The molecule has 3 heterocycles. The lowest BCUT2D eigenvalue weighted by molar-refractivity contribution is -0.118. The fourth-order valence-corrected chi connectivity index (χ4v) is 4.43. The number of unbranched alkanes of at least 4 members (excludes halogenated alkanes) is 1. The predicted octanol–water partition coefficient (Wildman–Crippen LogP) is 2.69. The molecule has 1 fully saturated rings. The molecule has 0 saturated heterocycles. The Balaban J connectivity index is 1.53. The van der Waals surface area contributed by atoms with E-state index in [1.807, 2.05) is 16.9 Å². The second kappa shape index (κ2) is 9.12. The van der Waals surface area contributed by atoms with E-state index >= 15 is 4.39 Å². The lowest BCUT2D eigenvalue weighted by atomic mass is 9.80. The summed E-state index contributed by atoms with van der Waals surface area (Å²) in [5, 5.41) is 17.1. The van der Waals surface area contributed by atoms with Crippen molar-refractivity contribution in [3.05, 3.63) is 58.0 Å². The van der Waals surface area contributed by atoms with Gasteiger partial charge in [-0.2, -0.15) is 9.78 Å². The van der Waals surface area contributed by atoms with Crippen molar-refractivity contribution in [3.8, 4) is 5.75 Å². The van der Waals surface area contributed by atoms with Crippen molar-refractivity contribution < 1.29 is 13.9 Å². The van der Waals surface area contributed by atoms with Gasteiger partial charge in [0.15, 0.2) is 0 Å². The average molecular weight is 482 g/mol. The van der Waals surface area contributed by atoms with Crippen LogP contribution in [0.2, 0.25) is 0 Å². The number of benzene rings is 1. The van der Waals surface area contributed by atoms with Crippen molar-refractivity contribution >= 4 is 17.2 Å². The first-order valence-electron chi connectivity index (χ1n) is 11.9. The van der Waals surface area contributed by atoms with Gasteiger partial charge in [-0.25, -0.2) is 14.3 Å². The van der Waals surface area contributed by atoms with Crippen molar-refractivity contribution in [2.45, 2.75) is 58.0 Å². The molecule has 1 aliphatic carbocycles. The number of nitrogens with one attached hydrogen (secondary N) is 2. The van der Waals surface area contributed by atoms with Gasteiger partial charge in [0.1, 0.15) is 17.3 Å². The topological polar surface area (TPSA) is 120 Å². The molecule has 2 N–H and O–H groups in total. The van der Waals surface area contributed by atoms with E-state index in [0.717, 1.165) is 24.1 Å². The Labute approximate surface area is 201 Å². The number of nitrogens with zero attached hydrogens (tertiary/aromatic N) is 5. The van der Waals surface area contributed by atoms with Gasteiger partial charge < -0.3 is 10.1 Å². The number of hydrogen-bond acceptors (Lipinski definition) is 6. The van der Waals surface area contributed by atoms with Crippen LogP contribution >= 0.6 is 0 Å². The van der Waals surface area contributed by atoms with Gasteiger partial charge in [0, 0.05) is 36.4 Å². The molecule has 0 radical (unpaired) electrons. The molecule has 10 nitrogen and oxygen atoms in total. The largest absolute Gasteiger partial charge is 0.493 e. The van der Waals surface area contributed by atoms with Crippen molar-refractivity contribution in [3.63, 3.8) is 0 Å². The zero-order valence-electron chi connectivity index (χ0n) is 19.8. The van der Waals surface area contributed by atoms with Crippen LogP contribution in [0.1, 0.15) is 57.2 Å². The van der Waals surface area contributed by atoms with E-state index in [9.17, 15) is 9.59 Å². The average Bonchev–Trinajstić information content (AvgIpc) is 3.33. The molecule has 3 aromatic rings. The molecule has 1 atom stereocenters. The molecule has 1 aliphatic heterocycles. The third-order valence-electron chi connectivity index (χ3n) is 6.50. The Morgan fingerprint density at radius 3 is 2.77 bits per heavy atom. The monoisotopic (exact) mass is 481 g/mol. The minimum absolute atomic E-state index is 0.0258. The zero-order chi connectivity index (χ0) is 24.6. The molecule has 1 amide bonds. The summed E-state index contributed by atoms with van der Waals surface area (Å²) in [5.41, 5.74) is -0.363. The van der Waals surface area contributed by atoms with E-state index < -0.39 is 23.0 Å². The number of aromatic amines is 1. The van der Waals surface area contributed by atoms with E-state index in [0.29, 0.717) is 35.1 Å². The summed E-state index contributed by atoms with van der Waals surface area (Å²) in [5.74, 6) is 0.00271. The summed E-state index contributed by atoms with van der Waals surface area (Å²) in [7, 11) is 0. The smallest absolute Gasteiger partial charge is 0.366 e. The van der Waals surface area contributed by atoms with Gasteiger partial charge in [0.05, 0.1) is 17.8 Å². The van der Waals surface area contributed by atoms with Crippen LogP contribution in [0.15, 0.2) is 35.3 Å². The Morgan fingerprint density at radius 2 is 2.09 bits per heavy atom. The molecule has 35 heavy (non-hydrogen) atoms. The maximum absolute atomic E-state index is 15.3. The van der Waals surface area contributed by atoms with Gasteiger partial charge in [0.25, 0.3) is 5.91 Å². The third kappa shape index (κ3) is 4.62. The highest BCUT2D eigenvalue weighted by Gasteiger charge is 2.41. The van der Waals surface area contributed by atoms with Gasteiger partial charge in [-0.1, -0.05) is 19.4 Å². The van der Waals surface area contributed by atoms with Crippen LogP contribution in [0.3, 0.4) is 0 Å². The fourth-order valence-electron chi connectivity index (χ4n) is 4.43. The van der Waals surface area contributed by atoms with Gasteiger partial charge in [-0.3, -0.25) is 9.48 Å². The van der Waals surface area contributed by atoms with Crippen LogP contribution in [-0.2, 0) is 16.9 Å². The number of hydrogen-bond donors (Lipinski definition) is 2. The molecule has 5 rings (SSSR count).